The van der Waals surface area contributed by atoms with Gasteiger partial charge in [0.25, 0.3) is 0 Å². The summed E-state index contributed by atoms with van der Waals surface area (Å²) < 4.78 is 0. The average molecular weight is 281 g/mol. The summed E-state index contributed by atoms with van der Waals surface area (Å²) in [7, 11) is 0. The van der Waals surface area contributed by atoms with E-state index < -0.39 is 5.41 Å². The largest absolute Gasteiger partial charge is 0.355 e. The highest BCUT2D eigenvalue weighted by Gasteiger charge is 2.42. The second-order valence-corrected chi connectivity index (χ2v) is 6.58. The first kappa shape index (κ1) is 15.3. The van der Waals surface area contributed by atoms with Crippen LogP contribution in [0.5, 0.6) is 0 Å². The van der Waals surface area contributed by atoms with Gasteiger partial charge in [0.1, 0.15) is 0 Å². The number of piperidine rings is 1. The minimum absolute atomic E-state index is 0.0628. The third kappa shape index (κ3) is 2.82. The topological polar surface area (TPSA) is 52.7 Å². The average Bonchev–Trinajstić information content (AvgIpc) is 2.41. The fourth-order valence-corrected chi connectivity index (χ4v) is 3.57. The standard InChI is InChI=1S/C15H27N3O2/c1-5-18-11(2)8-17(9-12(18)3)14(20)15(4)7-6-13(19)16-10-15/h11-12H,5-10H2,1-4H3,(H,16,19)/t11-,12+,15?. The van der Waals surface area contributed by atoms with E-state index in [-0.39, 0.29) is 11.8 Å². The molecule has 2 aliphatic heterocycles. The molecule has 0 aromatic carbocycles. The van der Waals surface area contributed by atoms with Gasteiger partial charge in [0.15, 0.2) is 0 Å². The molecule has 2 amide bonds. The Kier molecular flexibility index (Phi) is 4.37. The van der Waals surface area contributed by atoms with Crippen molar-refractivity contribution < 1.29 is 9.59 Å². The van der Waals surface area contributed by atoms with Gasteiger partial charge in [-0.15, -0.1) is 0 Å². The molecule has 0 aromatic rings. The molecule has 0 aliphatic carbocycles. The van der Waals surface area contributed by atoms with Crippen LogP contribution < -0.4 is 5.32 Å². The number of hydrogen-bond acceptors (Lipinski definition) is 3. The van der Waals surface area contributed by atoms with Gasteiger partial charge in [-0.25, -0.2) is 0 Å². The molecular formula is C15H27N3O2. The summed E-state index contributed by atoms with van der Waals surface area (Å²) in [6.45, 7) is 11.6. The number of nitrogens with one attached hydrogen (secondary N) is 1. The highest BCUT2D eigenvalue weighted by atomic mass is 16.2. The third-order valence-corrected chi connectivity index (χ3v) is 4.85. The molecule has 20 heavy (non-hydrogen) atoms. The van der Waals surface area contributed by atoms with Crippen LogP contribution in [-0.2, 0) is 9.59 Å². The summed E-state index contributed by atoms with van der Waals surface area (Å²) in [5.74, 6) is 0.264. The summed E-state index contributed by atoms with van der Waals surface area (Å²) in [6, 6.07) is 0.795. The Morgan fingerprint density at radius 2 is 1.95 bits per heavy atom. The van der Waals surface area contributed by atoms with E-state index in [2.05, 4.69) is 31.0 Å². The van der Waals surface area contributed by atoms with Gasteiger partial charge < -0.3 is 10.2 Å². The van der Waals surface area contributed by atoms with Crippen LogP contribution in [0.1, 0.15) is 40.5 Å². The van der Waals surface area contributed by atoms with Crippen LogP contribution in [0.3, 0.4) is 0 Å². The van der Waals surface area contributed by atoms with Crippen LogP contribution in [-0.4, -0.2) is 59.9 Å². The van der Waals surface area contributed by atoms with E-state index in [1.165, 1.54) is 0 Å². The van der Waals surface area contributed by atoms with E-state index in [1.54, 1.807) is 0 Å². The van der Waals surface area contributed by atoms with Gasteiger partial charge in [-0.1, -0.05) is 6.92 Å². The molecule has 0 spiro atoms. The van der Waals surface area contributed by atoms with Gasteiger partial charge >= 0.3 is 0 Å². The zero-order chi connectivity index (χ0) is 14.9. The number of amides is 2. The zero-order valence-electron chi connectivity index (χ0n) is 13.1. The molecule has 0 aromatic heterocycles. The molecule has 3 atom stereocenters. The lowest BCUT2D eigenvalue weighted by Crippen LogP contribution is -2.61. The van der Waals surface area contributed by atoms with Crippen molar-refractivity contribution in [2.45, 2.75) is 52.6 Å². The summed E-state index contributed by atoms with van der Waals surface area (Å²) in [6.07, 6.45) is 1.12. The molecular weight excluding hydrogens is 254 g/mol. The number of carbonyl (C=O) groups excluding carboxylic acids is 2. The van der Waals surface area contributed by atoms with Gasteiger partial charge in [-0.2, -0.15) is 0 Å². The maximum absolute atomic E-state index is 12.8. The summed E-state index contributed by atoms with van der Waals surface area (Å²) in [5.41, 5.74) is -0.429. The van der Waals surface area contributed by atoms with Crippen molar-refractivity contribution in [1.29, 1.82) is 0 Å². The van der Waals surface area contributed by atoms with Crippen molar-refractivity contribution in [3.05, 3.63) is 0 Å². The molecule has 0 bridgehead atoms. The first-order valence-electron chi connectivity index (χ1n) is 7.69. The Bertz CT molecular complexity index is 375. The normalized spacial score (nSPS) is 35.8. The quantitative estimate of drug-likeness (QED) is 0.816. The van der Waals surface area contributed by atoms with Gasteiger partial charge in [-0.05, 0) is 33.7 Å². The molecule has 5 nitrogen and oxygen atoms in total. The van der Waals surface area contributed by atoms with Crippen LogP contribution in [0, 0.1) is 5.41 Å². The minimum Gasteiger partial charge on any atom is -0.355 e. The monoisotopic (exact) mass is 281 g/mol. The van der Waals surface area contributed by atoms with E-state index in [1.807, 2.05) is 11.8 Å². The lowest BCUT2D eigenvalue weighted by Gasteiger charge is -2.47. The van der Waals surface area contributed by atoms with Crippen LogP contribution in [0.2, 0.25) is 0 Å². The van der Waals surface area contributed by atoms with Crippen molar-refractivity contribution in [3.8, 4) is 0 Å². The molecule has 2 saturated heterocycles. The highest BCUT2D eigenvalue weighted by Crippen LogP contribution is 2.30. The predicted molar refractivity (Wildman–Crippen MR) is 78.2 cm³/mol. The third-order valence-electron chi connectivity index (χ3n) is 4.85. The molecule has 2 rings (SSSR count). The van der Waals surface area contributed by atoms with E-state index >= 15 is 0 Å². The Hall–Kier alpha value is -1.10. The number of rotatable bonds is 2. The molecule has 114 valence electrons. The van der Waals surface area contributed by atoms with Gasteiger partial charge in [0.2, 0.25) is 11.8 Å². The SMILES string of the molecule is CCN1[C@H](C)CN(C(=O)C2(C)CCC(=O)NC2)C[C@@H]1C. The fourth-order valence-electron chi connectivity index (χ4n) is 3.57. The van der Waals surface area contributed by atoms with E-state index in [9.17, 15) is 9.59 Å². The second kappa shape index (κ2) is 5.72. The fraction of sp³-hybridized carbons (Fsp3) is 0.867. The summed E-state index contributed by atoms with van der Waals surface area (Å²) >= 11 is 0. The highest BCUT2D eigenvalue weighted by molar-refractivity contribution is 5.86. The predicted octanol–water partition coefficient (Wildman–Crippen LogP) is 0.844. The van der Waals surface area contributed by atoms with Gasteiger partial charge in [-0.3, -0.25) is 14.5 Å². The van der Waals surface area contributed by atoms with Crippen LogP contribution in [0.25, 0.3) is 0 Å². The second-order valence-electron chi connectivity index (χ2n) is 6.58. The van der Waals surface area contributed by atoms with Crippen molar-refractivity contribution in [1.82, 2.24) is 15.1 Å². The first-order valence-corrected chi connectivity index (χ1v) is 7.69. The molecule has 2 heterocycles. The summed E-state index contributed by atoms with van der Waals surface area (Å²) in [4.78, 5) is 28.6. The molecule has 1 unspecified atom stereocenters. The van der Waals surface area contributed by atoms with E-state index in [0.717, 1.165) is 19.6 Å². The molecule has 0 radical (unpaired) electrons. The Morgan fingerprint density at radius 1 is 1.35 bits per heavy atom. The van der Waals surface area contributed by atoms with E-state index in [0.29, 0.717) is 31.5 Å². The van der Waals surface area contributed by atoms with Gasteiger partial charge in [0, 0.05) is 38.1 Å². The van der Waals surface area contributed by atoms with Crippen molar-refractivity contribution in [2.24, 2.45) is 5.41 Å². The van der Waals surface area contributed by atoms with E-state index in [4.69, 9.17) is 0 Å². The van der Waals surface area contributed by atoms with Crippen molar-refractivity contribution in [3.63, 3.8) is 0 Å². The zero-order valence-corrected chi connectivity index (χ0v) is 13.1. The van der Waals surface area contributed by atoms with Crippen LogP contribution >= 0.6 is 0 Å². The number of nitrogens with zero attached hydrogens (tertiary/aromatic N) is 2. The lowest BCUT2D eigenvalue weighted by molar-refractivity contribution is -0.148. The Labute approximate surface area is 121 Å². The van der Waals surface area contributed by atoms with Crippen molar-refractivity contribution >= 4 is 11.8 Å². The summed E-state index contributed by atoms with van der Waals surface area (Å²) in [5, 5.41) is 2.84. The lowest BCUT2D eigenvalue weighted by atomic mass is 9.80. The number of hydrogen-bond donors (Lipinski definition) is 1. The van der Waals surface area contributed by atoms with Crippen LogP contribution in [0.4, 0.5) is 0 Å². The van der Waals surface area contributed by atoms with Crippen molar-refractivity contribution in [2.75, 3.05) is 26.2 Å². The number of piperazine rings is 1. The molecule has 1 N–H and O–H groups in total. The first-order chi connectivity index (χ1) is 9.37. The van der Waals surface area contributed by atoms with Gasteiger partial charge in [0.05, 0.1) is 5.41 Å². The molecule has 2 fully saturated rings. The minimum atomic E-state index is -0.429. The molecule has 2 aliphatic rings. The number of likely N-dealkylation sites (N-methyl/N-ethyl adjacent to an activating group) is 1. The Balaban J connectivity index is 2.04. The Morgan fingerprint density at radius 3 is 2.40 bits per heavy atom. The maximum Gasteiger partial charge on any atom is 0.230 e. The van der Waals surface area contributed by atoms with Crippen LogP contribution in [0.15, 0.2) is 0 Å². The smallest absolute Gasteiger partial charge is 0.230 e. The number of carbonyl (C=O) groups is 2. The maximum atomic E-state index is 12.8. The molecule has 0 saturated carbocycles. The molecule has 5 heteroatoms.